The first-order valence-corrected chi connectivity index (χ1v) is 11.6. The molecule has 1 saturated heterocycles. The summed E-state index contributed by atoms with van der Waals surface area (Å²) in [5.41, 5.74) is 0.510. The first-order chi connectivity index (χ1) is 15.2. The predicted molar refractivity (Wildman–Crippen MR) is 117 cm³/mol. The van der Waals surface area contributed by atoms with Gasteiger partial charge in [-0.15, -0.1) is 0 Å². The number of piperidine rings is 1. The van der Waals surface area contributed by atoms with Crippen LogP contribution in [0.3, 0.4) is 0 Å². The van der Waals surface area contributed by atoms with E-state index in [1.165, 1.54) is 40.9 Å². The van der Waals surface area contributed by atoms with Gasteiger partial charge >= 0.3 is 6.61 Å². The Bertz CT molecular complexity index is 1020. The van der Waals surface area contributed by atoms with E-state index in [-0.39, 0.29) is 17.9 Å². The van der Waals surface area contributed by atoms with Crippen molar-refractivity contribution in [3.8, 4) is 5.75 Å². The molecule has 32 heavy (non-hydrogen) atoms. The van der Waals surface area contributed by atoms with Crippen molar-refractivity contribution in [3.05, 3.63) is 65.7 Å². The molecule has 0 saturated carbocycles. The molecule has 10 heteroatoms. The number of alkyl halides is 2. The summed E-state index contributed by atoms with van der Waals surface area (Å²) < 4.78 is 57.5. The van der Waals surface area contributed by atoms with Crippen molar-refractivity contribution in [1.29, 1.82) is 0 Å². The van der Waals surface area contributed by atoms with Crippen LogP contribution in [0.25, 0.3) is 0 Å². The zero-order valence-corrected chi connectivity index (χ0v) is 18.8. The number of nitrogens with one attached hydrogen (secondary N) is 1. The summed E-state index contributed by atoms with van der Waals surface area (Å²) in [5.74, 6) is -0.722. The topological polar surface area (TPSA) is 79.0 Å². The quantitative estimate of drug-likeness (QED) is 0.648. The maximum Gasteiger partial charge on any atom is 0.387 e. The average Bonchev–Trinajstić information content (AvgIpc) is 2.78. The van der Waals surface area contributed by atoms with Gasteiger partial charge in [0.1, 0.15) is 5.75 Å². The highest BCUT2D eigenvalue weighted by Crippen LogP contribution is 2.36. The Balaban J connectivity index is 1.80. The molecule has 3 rings (SSSR count). The van der Waals surface area contributed by atoms with Crippen molar-refractivity contribution in [2.75, 3.05) is 33.7 Å². The number of carbonyl (C=O) groups excluding carboxylic acids is 1. The summed E-state index contributed by atoms with van der Waals surface area (Å²) in [7, 11) is -0.545. The Labute approximate surface area is 187 Å². The van der Waals surface area contributed by atoms with E-state index < -0.39 is 28.1 Å². The molecule has 0 bridgehead atoms. The first-order valence-electron chi connectivity index (χ1n) is 10.2. The number of hydrogen-bond donors (Lipinski definition) is 1. The number of para-hydroxylation sites is 1. The van der Waals surface area contributed by atoms with E-state index in [2.05, 4.69) is 10.1 Å². The van der Waals surface area contributed by atoms with Crippen LogP contribution in [0.5, 0.6) is 5.75 Å². The van der Waals surface area contributed by atoms with E-state index in [1.807, 2.05) is 30.3 Å². The third kappa shape index (κ3) is 5.25. The van der Waals surface area contributed by atoms with Gasteiger partial charge in [0.2, 0.25) is 0 Å². The van der Waals surface area contributed by atoms with Gasteiger partial charge in [0.25, 0.3) is 16.1 Å². The Morgan fingerprint density at radius 3 is 2.28 bits per heavy atom. The maximum absolute atomic E-state index is 12.8. The molecule has 0 unspecified atom stereocenters. The molecule has 1 heterocycles. The van der Waals surface area contributed by atoms with E-state index in [9.17, 15) is 22.0 Å². The van der Waals surface area contributed by atoms with Crippen LogP contribution in [-0.4, -0.2) is 63.3 Å². The lowest BCUT2D eigenvalue weighted by atomic mass is 9.73. The molecule has 1 N–H and O–H groups in total. The van der Waals surface area contributed by atoms with E-state index >= 15 is 0 Å². The molecule has 0 aromatic heterocycles. The first kappa shape index (κ1) is 24.1. The lowest BCUT2D eigenvalue weighted by molar-refractivity contribution is -0.0501. The molecule has 1 fully saturated rings. The summed E-state index contributed by atoms with van der Waals surface area (Å²) in [6, 6.07) is 15.4. The van der Waals surface area contributed by atoms with Crippen molar-refractivity contribution < 1.29 is 26.7 Å². The average molecular weight is 468 g/mol. The highest BCUT2D eigenvalue weighted by atomic mass is 32.2. The highest BCUT2D eigenvalue weighted by Gasteiger charge is 2.40. The number of amides is 1. The predicted octanol–water partition coefficient (Wildman–Crippen LogP) is 2.86. The molecule has 7 nitrogen and oxygen atoms in total. The molecular formula is C22H27F2N3O4S. The second-order valence-corrected chi connectivity index (χ2v) is 10.0. The van der Waals surface area contributed by atoms with E-state index in [1.54, 1.807) is 6.07 Å². The van der Waals surface area contributed by atoms with Crippen LogP contribution in [0.4, 0.5) is 8.78 Å². The fourth-order valence-electron chi connectivity index (χ4n) is 3.93. The van der Waals surface area contributed by atoms with Crippen LogP contribution in [0.15, 0.2) is 54.6 Å². The molecule has 0 spiro atoms. The third-order valence-electron chi connectivity index (χ3n) is 5.79. The van der Waals surface area contributed by atoms with E-state index in [0.29, 0.717) is 25.9 Å². The summed E-state index contributed by atoms with van der Waals surface area (Å²) >= 11 is 0. The molecule has 0 aliphatic carbocycles. The minimum absolute atomic E-state index is 0.0173. The number of rotatable bonds is 8. The summed E-state index contributed by atoms with van der Waals surface area (Å²) in [4.78, 5) is 12.8. The van der Waals surface area contributed by atoms with E-state index in [4.69, 9.17) is 0 Å². The number of halogens is 2. The van der Waals surface area contributed by atoms with Crippen LogP contribution >= 0.6 is 0 Å². The maximum atomic E-state index is 12.8. The normalized spacial score (nSPS) is 16.8. The van der Waals surface area contributed by atoms with E-state index in [0.717, 1.165) is 5.56 Å². The van der Waals surface area contributed by atoms with Crippen LogP contribution in [0.2, 0.25) is 0 Å². The number of nitrogens with zero attached hydrogens (tertiary/aromatic N) is 2. The van der Waals surface area contributed by atoms with Crippen LogP contribution < -0.4 is 10.1 Å². The van der Waals surface area contributed by atoms with Gasteiger partial charge in [0.05, 0.1) is 5.56 Å². The van der Waals surface area contributed by atoms with Gasteiger partial charge < -0.3 is 10.1 Å². The molecule has 174 valence electrons. The number of ether oxygens (including phenoxy) is 1. The van der Waals surface area contributed by atoms with Crippen molar-refractivity contribution in [3.63, 3.8) is 0 Å². The monoisotopic (exact) mass is 467 g/mol. The molecule has 1 amide bonds. The second-order valence-electron chi connectivity index (χ2n) is 7.89. The van der Waals surface area contributed by atoms with Gasteiger partial charge in [-0.05, 0) is 30.5 Å². The summed E-state index contributed by atoms with van der Waals surface area (Å²) in [6.45, 7) is -2.20. The Hall–Kier alpha value is -2.56. The standard InChI is InChI=1S/C22H27F2N3O4S/c1-26(2)32(29,30)27-14-12-22(13-15-27,17-8-4-3-5-9-17)16-25-20(28)18-10-6-7-11-19(18)31-21(23)24/h3-11,21H,12-16H2,1-2H3,(H,25,28). The minimum atomic E-state index is -3.53. The SMILES string of the molecule is CN(C)S(=O)(=O)N1CCC(CNC(=O)c2ccccc2OC(F)F)(c2ccccc2)CC1. The van der Waals surface area contributed by atoms with Gasteiger partial charge in [-0.1, -0.05) is 42.5 Å². The van der Waals surface area contributed by atoms with Crippen molar-refractivity contribution >= 4 is 16.1 Å². The fourth-order valence-corrected chi connectivity index (χ4v) is 5.04. The van der Waals surface area contributed by atoms with Crippen molar-refractivity contribution in [2.45, 2.75) is 24.9 Å². The number of benzene rings is 2. The Kier molecular flexibility index (Phi) is 7.47. The zero-order chi connectivity index (χ0) is 23.4. The lowest BCUT2D eigenvalue weighted by Crippen LogP contribution is -2.52. The molecule has 2 aromatic carbocycles. The molecule has 2 aromatic rings. The Morgan fingerprint density at radius 2 is 1.69 bits per heavy atom. The molecular weight excluding hydrogens is 440 g/mol. The molecule has 1 aliphatic rings. The highest BCUT2D eigenvalue weighted by molar-refractivity contribution is 7.86. The van der Waals surface area contributed by atoms with Crippen LogP contribution in [-0.2, 0) is 15.6 Å². The largest absolute Gasteiger partial charge is 0.434 e. The zero-order valence-electron chi connectivity index (χ0n) is 18.0. The van der Waals surface area contributed by atoms with Gasteiger partial charge in [-0.2, -0.15) is 25.8 Å². The second kappa shape index (κ2) is 9.93. The van der Waals surface area contributed by atoms with Crippen LogP contribution in [0.1, 0.15) is 28.8 Å². The smallest absolute Gasteiger partial charge is 0.387 e. The minimum Gasteiger partial charge on any atom is -0.434 e. The third-order valence-corrected chi connectivity index (χ3v) is 7.73. The number of hydrogen-bond acceptors (Lipinski definition) is 4. The van der Waals surface area contributed by atoms with Crippen molar-refractivity contribution in [1.82, 2.24) is 13.9 Å². The van der Waals surface area contributed by atoms with Crippen molar-refractivity contribution in [2.24, 2.45) is 0 Å². The Morgan fingerprint density at radius 1 is 1.09 bits per heavy atom. The lowest BCUT2D eigenvalue weighted by Gasteiger charge is -2.42. The van der Waals surface area contributed by atoms with Gasteiger partial charge in [-0.25, -0.2) is 0 Å². The molecule has 0 atom stereocenters. The fraction of sp³-hybridized carbons (Fsp3) is 0.409. The summed E-state index contributed by atoms with van der Waals surface area (Å²) in [6.07, 6.45) is 0.999. The summed E-state index contributed by atoms with van der Waals surface area (Å²) in [5, 5.41) is 2.86. The number of carbonyl (C=O) groups is 1. The molecule has 0 radical (unpaired) electrons. The van der Waals surface area contributed by atoms with Gasteiger partial charge in [0, 0.05) is 39.1 Å². The van der Waals surface area contributed by atoms with Gasteiger partial charge in [0.15, 0.2) is 0 Å². The van der Waals surface area contributed by atoms with Gasteiger partial charge in [-0.3, -0.25) is 4.79 Å². The van der Waals surface area contributed by atoms with Crippen LogP contribution in [0, 0.1) is 0 Å². The molecule has 1 aliphatic heterocycles.